The van der Waals surface area contributed by atoms with Gasteiger partial charge in [-0.25, -0.2) is 0 Å². The topological polar surface area (TPSA) is 46.5 Å². The van der Waals surface area contributed by atoms with Gasteiger partial charge in [-0.2, -0.15) is 4.21 Å². The van der Waals surface area contributed by atoms with E-state index in [1.54, 1.807) is 0 Å². The van der Waals surface area contributed by atoms with Crippen LogP contribution in [0.2, 0.25) is 15.1 Å². The van der Waals surface area contributed by atoms with Gasteiger partial charge in [0.05, 0.1) is 15.1 Å². The lowest BCUT2D eigenvalue weighted by Crippen LogP contribution is -1.97. The van der Waals surface area contributed by atoms with Crippen molar-refractivity contribution in [2.24, 2.45) is 0 Å². The quantitative estimate of drug-likeness (QED) is 0.657. The first-order chi connectivity index (χ1) is 6.00. The molecule has 7 heteroatoms. The molecule has 72 valence electrons. The Morgan fingerprint density at radius 1 is 1.15 bits per heavy atom. The van der Waals surface area contributed by atoms with Crippen molar-refractivity contribution >= 4 is 46.2 Å². The van der Waals surface area contributed by atoms with Gasteiger partial charge in [-0.05, 0) is 6.07 Å². The summed E-state index contributed by atoms with van der Waals surface area (Å²) in [6.07, 6.45) is 0. The van der Waals surface area contributed by atoms with Crippen LogP contribution in [0.3, 0.4) is 0 Å². The van der Waals surface area contributed by atoms with Crippen LogP contribution in [0.1, 0.15) is 0 Å². The van der Waals surface area contributed by atoms with E-state index in [0.29, 0.717) is 0 Å². The summed E-state index contributed by atoms with van der Waals surface area (Å²) in [4.78, 5) is 0. The molecule has 0 saturated carbocycles. The van der Waals surface area contributed by atoms with E-state index in [0.717, 1.165) is 0 Å². The number of rotatable bonds is 2. The van der Waals surface area contributed by atoms with Crippen molar-refractivity contribution in [3.8, 4) is 5.75 Å². The van der Waals surface area contributed by atoms with Crippen LogP contribution in [-0.4, -0.2) is 8.76 Å². The summed E-state index contributed by atoms with van der Waals surface area (Å²) in [5.74, 6) is 0.0110. The largest absolute Gasteiger partial charge is 0.378 e. The molecule has 0 heterocycles. The molecule has 13 heavy (non-hydrogen) atoms. The van der Waals surface area contributed by atoms with Gasteiger partial charge in [-0.3, -0.25) is 4.55 Å². The summed E-state index contributed by atoms with van der Waals surface area (Å²) in [6, 6.07) is 2.59. The summed E-state index contributed by atoms with van der Waals surface area (Å²) >= 11 is 14.4. The monoisotopic (exact) mass is 260 g/mol. The van der Waals surface area contributed by atoms with E-state index in [1.165, 1.54) is 12.1 Å². The molecule has 1 N–H and O–H groups in total. The van der Waals surface area contributed by atoms with Crippen LogP contribution in [0.25, 0.3) is 0 Å². The molecule has 0 aliphatic carbocycles. The Labute approximate surface area is 92.0 Å². The zero-order valence-corrected chi connectivity index (χ0v) is 9.04. The smallest absolute Gasteiger partial charge is 0.357 e. The van der Waals surface area contributed by atoms with Crippen LogP contribution in [0.5, 0.6) is 5.75 Å². The van der Waals surface area contributed by atoms with E-state index in [2.05, 4.69) is 4.18 Å². The van der Waals surface area contributed by atoms with E-state index < -0.39 is 11.4 Å². The first-order valence-electron chi connectivity index (χ1n) is 2.94. The average Bonchev–Trinajstić information content (AvgIpc) is 1.99. The van der Waals surface area contributed by atoms with E-state index in [9.17, 15) is 4.21 Å². The van der Waals surface area contributed by atoms with Gasteiger partial charge in [0, 0.05) is 6.07 Å². The second kappa shape index (κ2) is 4.48. The van der Waals surface area contributed by atoms with Gasteiger partial charge in [0.2, 0.25) is 0 Å². The number of benzene rings is 1. The third-order valence-electron chi connectivity index (χ3n) is 1.14. The molecule has 0 bridgehead atoms. The average molecular weight is 262 g/mol. The molecule has 1 aromatic carbocycles. The molecule has 0 fully saturated rings. The third kappa shape index (κ3) is 3.00. The summed E-state index contributed by atoms with van der Waals surface area (Å²) in [5.41, 5.74) is 0. The maximum atomic E-state index is 10.3. The Morgan fingerprint density at radius 3 is 2.23 bits per heavy atom. The molecule has 0 aliphatic rings. The summed E-state index contributed by atoms with van der Waals surface area (Å²) in [7, 11) is 0. The predicted octanol–water partition coefficient (Wildman–Crippen LogP) is 3.16. The maximum absolute atomic E-state index is 10.3. The SMILES string of the molecule is O=S(O)Oc1cc(Cl)c(Cl)cc1Cl. The van der Waals surface area contributed by atoms with Crippen LogP contribution in [0.4, 0.5) is 0 Å². The minimum absolute atomic E-state index is 0.0110. The summed E-state index contributed by atoms with van der Waals surface area (Å²) in [5, 5.41) is 0.575. The zero-order valence-electron chi connectivity index (χ0n) is 5.96. The maximum Gasteiger partial charge on any atom is 0.357 e. The highest BCUT2D eigenvalue weighted by atomic mass is 35.5. The minimum Gasteiger partial charge on any atom is -0.378 e. The van der Waals surface area contributed by atoms with Gasteiger partial charge in [-0.1, -0.05) is 34.8 Å². The van der Waals surface area contributed by atoms with Gasteiger partial charge in [0.25, 0.3) is 0 Å². The highest BCUT2D eigenvalue weighted by molar-refractivity contribution is 7.74. The lowest BCUT2D eigenvalue weighted by molar-refractivity contribution is 0.458. The molecule has 0 aromatic heterocycles. The van der Waals surface area contributed by atoms with Crippen LogP contribution in [0, 0.1) is 0 Å². The lowest BCUT2D eigenvalue weighted by Gasteiger charge is -2.03. The van der Waals surface area contributed by atoms with Gasteiger partial charge in [-0.15, -0.1) is 0 Å². The van der Waals surface area contributed by atoms with Crippen LogP contribution in [-0.2, 0) is 11.4 Å². The standard InChI is InChI=1S/C6H3Cl3O3S/c7-3-1-5(9)6(2-4(3)8)12-13(10)11/h1-2H,(H,10,11). The number of halogens is 3. The Morgan fingerprint density at radius 2 is 1.69 bits per heavy atom. The fourth-order valence-electron chi connectivity index (χ4n) is 0.645. The van der Waals surface area contributed by atoms with Gasteiger partial charge in [0.15, 0.2) is 5.75 Å². The molecule has 1 aromatic rings. The predicted molar refractivity (Wildman–Crippen MR) is 52.9 cm³/mol. The number of hydrogen-bond donors (Lipinski definition) is 1. The van der Waals surface area contributed by atoms with E-state index >= 15 is 0 Å². The van der Waals surface area contributed by atoms with Crippen LogP contribution < -0.4 is 4.18 Å². The first-order valence-corrected chi connectivity index (χ1v) is 5.11. The van der Waals surface area contributed by atoms with Crippen molar-refractivity contribution in [3.63, 3.8) is 0 Å². The van der Waals surface area contributed by atoms with Crippen molar-refractivity contribution < 1.29 is 12.9 Å². The van der Waals surface area contributed by atoms with Crippen molar-refractivity contribution in [3.05, 3.63) is 27.2 Å². The molecule has 0 spiro atoms. The van der Waals surface area contributed by atoms with Crippen LogP contribution >= 0.6 is 34.8 Å². The fraction of sp³-hybridized carbons (Fsp3) is 0. The molecular formula is C6H3Cl3O3S. The second-order valence-corrected chi connectivity index (χ2v) is 3.82. The Bertz CT molecular complexity index is 355. The van der Waals surface area contributed by atoms with E-state index in [1.807, 2.05) is 0 Å². The fourth-order valence-corrected chi connectivity index (χ4v) is 1.56. The Balaban J connectivity index is 3.08. The number of hydrogen-bond acceptors (Lipinski definition) is 2. The molecule has 1 rings (SSSR count). The highest BCUT2D eigenvalue weighted by Gasteiger charge is 2.08. The third-order valence-corrected chi connectivity index (χ3v) is 2.48. The van der Waals surface area contributed by atoms with Gasteiger partial charge < -0.3 is 4.18 Å². The second-order valence-electron chi connectivity index (χ2n) is 2.00. The minimum atomic E-state index is -2.43. The molecule has 0 radical (unpaired) electrons. The molecule has 0 amide bonds. The van der Waals surface area contributed by atoms with Crippen molar-refractivity contribution in [2.45, 2.75) is 0 Å². The summed E-state index contributed by atoms with van der Waals surface area (Å²) in [6.45, 7) is 0. The van der Waals surface area contributed by atoms with Crippen molar-refractivity contribution in [1.29, 1.82) is 0 Å². The molecule has 0 saturated heterocycles. The molecule has 1 atom stereocenters. The van der Waals surface area contributed by atoms with Crippen molar-refractivity contribution in [2.75, 3.05) is 0 Å². The Kier molecular flexibility index (Phi) is 3.82. The zero-order chi connectivity index (χ0) is 10.0. The molecule has 3 nitrogen and oxygen atoms in total. The van der Waals surface area contributed by atoms with E-state index in [-0.39, 0.29) is 20.8 Å². The molecular weight excluding hydrogens is 258 g/mol. The van der Waals surface area contributed by atoms with Gasteiger partial charge in [0.1, 0.15) is 0 Å². The van der Waals surface area contributed by atoms with Gasteiger partial charge >= 0.3 is 11.4 Å². The highest BCUT2D eigenvalue weighted by Crippen LogP contribution is 2.33. The summed E-state index contributed by atoms with van der Waals surface area (Å²) < 4.78 is 23.1. The normalized spacial score (nSPS) is 12.6. The van der Waals surface area contributed by atoms with Crippen molar-refractivity contribution in [1.82, 2.24) is 0 Å². The first kappa shape index (κ1) is 11.1. The molecule has 1 unspecified atom stereocenters. The molecule has 0 aliphatic heterocycles. The Hall–Kier alpha value is -0.000000000000000167. The van der Waals surface area contributed by atoms with Crippen LogP contribution in [0.15, 0.2) is 12.1 Å². The lowest BCUT2D eigenvalue weighted by atomic mass is 10.3. The van der Waals surface area contributed by atoms with E-state index in [4.69, 9.17) is 39.4 Å².